The van der Waals surface area contributed by atoms with E-state index in [1.165, 1.54) is 11.3 Å². The Morgan fingerprint density at radius 2 is 1.77 bits per heavy atom. The first-order valence-corrected chi connectivity index (χ1v) is 10.5. The fraction of sp³-hybridized carbons (Fsp3) is 0.200. The van der Waals surface area contributed by atoms with Gasteiger partial charge in [-0.3, -0.25) is 9.59 Å². The fourth-order valence-electron chi connectivity index (χ4n) is 4.16. The van der Waals surface area contributed by atoms with Crippen molar-refractivity contribution in [2.75, 3.05) is 36.4 Å². The van der Waals surface area contributed by atoms with E-state index >= 15 is 0 Å². The average Bonchev–Trinajstić information content (AvgIpc) is 3.42. The Hall–Kier alpha value is -3.80. The maximum Gasteiger partial charge on any atom is 0.256 e. The van der Waals surface area contributed by atoms with Crippen molar-refractivity contribution < 1.29 is 9.59 Å². The number of hydrogen-bond donors (Lipinski definition) is 2. The summed E-state index contributed by atoms with van der Waals surface area (Å²) in [5, 5.41) is 2.88. The van der Waals surface area contributed by atoms with Crippen LogP contribution in [0.4, 0.5) is 11.4 Å². The molecule has 2 amide bonds. The highest BCUT2D eigenvalue weighted by molar-refractivity contribution is 6.35. The maximum absolute atomic E-state index is 13.2. The molecule has 31 heavy (non-hydrogen) atoms. The van der Waals surface area contributed by atoms with Crippen molar-refractivity contribution in [3.8, 4) is 0 Å². The van der Waals surface area contributed by atoms with Crippen LogP contribution in [0, 0.1) is 6.92 Å². The third kappa shape index (κ3) is 3.72. The predicted octanol–water partition coefficient (Wildman–Crippen LogP) is 3.78. The molecule has 2 N–H and O–H groups in total. The number of H-pyrrole nitrogens is 1. The zero-order valence-corrected chi connectivity index (χ0v) is 17.4. The van der Waals surface area contributed by atoms with Gasteiger partial charge >= 0.3 is 0 Å². The second-order valence-electron chi connectivity index (χ2n) is 8.01. The molecule has 3 aromatic rings. The van der Waals surface area contributed by atoms with E-state index in [4.69, 9.17) is 0 Å². The van der Waals surface area contributed by atoms with Crippen molar-refractivity contribution in [3.05, 3.63) is 83.2 Å². The quantitative estimate of drug-likeness (QED) is 0.644. The molecule has 0 unspecified atom stereocenters. The van der Waals surface area contributed by atoms with Gasteiger partial charge in [0, 0.05) is 60.6 Å². The van der Waals surface area contributed by atoms with Crippen molar-refractivity contribution in [3.63, 3.8) is 0 Å². The number of anilines is 2. The van der Waals surface area contributed by atoms with E-state index < -0.39 is 0 Å². The van der Waals surface area contributed by atoms with Crippen LogP contribution in [0.3, 0.4) is 0 Å². The number of aromatic amines is 1. The summed E-state index contributed by atoms with van der Waals surface area (Å²) >= 11 is 0. The lowest BCUT2D eigenvalue weighted by Crippen LogP contribution is -2.48. The lowest BCUT2D eigenvalue weighted by molar-refractivity contribution is -0.110. The molecule has 156 valence electrons. The molecule has 0 saturated carbocycles. The van der Waals surface area contributed by atoms with Gasteiger partial charge in [0.05, 0.1) is 5.57 Å². The summed E-state index contributed by atoms with van der Waals surface area (Å²) in [6.45, 7) is 5.03. The molecule has 1 saturated heterocycles. The van der Waals surface area contributed by atoms with Gasteiger partial charge in [0.2, 0.25) is 0 Å². The predicted molar refractivity (Wildman–Crippen MR) is 123 cm³/mol. The van der Waals surface area contributed by atoms with Gasteiger partial charge in [0.15, 0.2) is 0 Å². The topological polar surface area (TPSA) is 68.4 Å². The van der Waals surface area contributed by atoms with Crippen LogP contribution >= 0.6 is 0 Å². The first-order chi connectivity index (χ1) is 15.1. The summed E-state index contributed by atoms with van der Waals surface area (Å²) in [7, 11) is 0. The number of piperazine rings is 1. The maximum atomic E-state index is 13.2. The third-order valence-corrected chi connectivity index (χ3v) is 5.94. The molecule has 6 heteroatoms. The molecule has 0 radical (unpaired) electrons. The van der Waals surface area contributed by atoms with Crippen molar-refractivity contribution >= 4 is 34.8 Å². The molecule has 3 heterocycles. The molecule has 1 aromatic heterocycles. The number of fused-ring (bicyclic) bond motifs is 1. The average molecular weight is 412 g/mol. The van der Waals surface area contributed by atoms with Gasteiger partial charge in [-0.25, -0.2) is 0 Å². The molecule has 2 aromatic carbocycles. The molecule has 1 fully saturated rings. The van der Waals surface area contributed by atoms with Gasteiger partial charge in [0.25, 0.3) is 11.8 Å². The number of amides is 2. The third-order valence-electron chi connectivity index (χ3n) is 5.94. The highest BCUT2D eigenvalue weighted by Crippen LogP contribution is 2.34. The number of rotatable bonds is 3. The Balaban J connectivity index is 1.33. The van der Waals surface area contributed by atoms with Gasteiger partial charge in [-0.1, -0.05) is 17.7 Å². The van der Waals surface area contributed by atoms with Crippen LogP contribution in [0.25, 0.3) is 11.6 Å². The Morgan fingerprint density at radius 3 is 2.48 bits per heavy atom. The number of nitrogens with zero attached hydrogens (tertiary/aromatic N) is 2. The van der Waals surface area contributed by atoms with Gasteiger partial charge in [-0.15, -0.1) is 0 Å². The molecule has 0 bridgehead atoms. The van der Waals surface area contributed by atoms with Gasteiger partial charge < -0.3 is 20.1 Å². The molecule has 0 spiro atoms. The van der Waals surface area contributed by atoms with Crippen LogP contribution in [0.2, 0.25) is 0 Å². The Labute approximate surface area is 181 Å². The Bertz CT molecular complexity index is 1150. The summed E-state index contributed by atoms with van der Waals surface area (Å²) in [5.74, 6) is -0.147. The van der Waals surface area contributed by atoms with E-state index in [-0.39, 0.29) is 11.8 Å². The second-order valence-corrected chi connectivity index (χ2v) is 8.01. The van der Waals surface area contributed by atoms with Gasteiger partial charge in [0.1, 0.15) is 0 Å². The van der Waals surface area contributed by atoms with Crippen LogP contribution in [0.5, 0.6) is 0 Å². The summed E-state index contributed by atoms with van der Waals surface area (Å²) in [4.78, 5) is 32.9. The highest BCUT2D eigenvalue weighted by Gasteiger charge is 2.27. The zero-order valence-electron chi connectivity index (χ0n) is 17.4. The number of aromatic nitrogens is 1. The standard InChI is InChI=1S/C25H24N4O2/c1-17-4-7-20(8-5-17)28-11-13-29(14-12-28)25(31)18-6-9-23-21(15-18)22(24(30)27-23)16-19-3-2-10-26-19/h2-10,15-16,26H,11-14H2,1H3,(H,27,30)/b22-16-. The number of carbonyl (C=O) groups excluding carboxylic acids is 2. The zero-order chi connectivity index (χ0) is 21.4. The minimum absolute atomic E-state index is 0.00456. The largest absolute Gasteiger partial charge is 0.368 e. The van der Waals surface area contributed by atoms with Crippen molar-refractivity contribution in [2.45, 2.75) is 6.92 Å². The van der Waals surface area contributed by atoms with E-state index in [0.29, 0.717) is 24.2 Å². The number of benzene rings is 2. The van der Waals surface area contributed by atoms with Crippen molar-refractivity contribution in [1.82, 2.24) is 9.88 Å². The van der Waals surface area contributed by atoms with E-state index in [1.807, 2.05) is 41.4 Å². The molecule has 0 atom stereocenters. The Morgan fingerprint density at radius 1 is 1.00 bits per heavy atom. The molecular formula is C25H24N4O2. The molecule has 6 nitrogen and oxygen atoms in total. The second kappa shape index (κ2) is 7.80. The van der Waals surface area contributed by atoms with E-state index in [1.54, 1.807) is 6.07 Å². The summed E-state index contributed by atoms with van der Waals surface area (Å²) in [6, 6.07) is 17.7. The van der Waals surface area contributed by atoms with Crippen LogP contribution in [0.1, 0.15) is 27.2 Å². The number of nitrogens with one attached hydrogen (secondary N) is 2. The lowest BCUT2D eigenvalue weighted by atomic mass is 10.0. The number of carbonyl (C=O) groups is 2. The van der Waals surface area contributed by atoms with Crippen molar-refractivity contribution in [1.29, 1.82) is 0 Å². The van der Waals surface area contributed by atoms with Gasteiger partial charge in [-0.05, 0) is 55.5 Å². The molecular weight excluding hydrogens is 388 g/mol. The van der Waals surface area contributed by atoms with Crippen LogP contribution < -0.4 is 10.2 Å². The normalized spacial score (nSPS) is 17.1. The Kier molecular flexibility index (Phi) is 4.82. The number of hydrogen-bond acceptors (Lipinski definition) is 3. The smallest absolute Gasteiger partial charge is 0.256 e. The van der Waals surface area contributed by atoms with E-state index in [0.717, 1.165) is 30.0 Å². The first-order valence-electron chi connectivity index (χ1n) is 10.5. The SMILES string of the molecule is Cc1ccc(N2CCN(C(=O)c3ccc4c(c3)/C(=C/c3ccc[nH]3)C(=O)N4)CC2)cc1. The van der Waals surface area contributed by atoms with E-state index in [2.05, 4.69) is 46.4 Å². The van der Waals surface area contributed by atoms with Crippen LogP contribution in [0.15, 0.2) is 60.8 Å². The lowest BCUT2D eigenvalue weighted by Gasteiger charge is -2.36. The minimum Gasteiger partial charge on any atom is -0.368 e. The fourth-order valence-corrected chi connectivity index (χ4v) is 4.16. The molecule has 2 aliphatic heterocycles. The monoisotopic (exact) mass is 412 g/mol. The van der Waals surface area contributed by atoms with Crippen molar-refractivity contribution in [2.24, 2.45) is 0 Å². The number of aryl methyl sites for hydroxylation is 1. The van der Waals surface area contributed by atoms with E-state index in [9.17, 15) is 9.59 Å². The minimum atomic E-state index is -0.152. The molecule has 0 aliphatic carbocycles. The highest BCUT2D eigenvalue weighted by atomic mass is 16.2. The summed E-state index contributed by atoms with van der Waals surface area (Å²) < 4.78 is 0. The molecule has 2 aliphatic rings. The molecule has 5 rings (SSSR count). The summed E-state index contributed by atoms with van der Waals surface area (Å²) in [6.07, 6.45) is 3.63. The van der Waals surface area contributed by atoms with Gasteiger partial charge in [-0.2, -0.15) is 0 Å². The summed E-state index contributed by atoms with van der Waals surface area (Å²) in [5.41, 5.74) is 5.97. The van der Waals surface area contributed by atoms with Crippen LogP contribution in [-0.4, -0.2) is 47.9 Å². The first kappa shape index (κ1) is 19.2. The van der Waals surface area contributed by atoms with Crippen LogP contribution in [-0.2, 0) is 4.79 Å².